The van der Waals surface area contributed by atoms with E-state index < -0.39 is 10.0 Å². The second-order valence-electron chi connectivity index (χ2n) is 6.25. The molecule has 0 atom stereocenters. The molecular formula is C17H26N2O4S. The SMILES string of the molecule is COCCOCCS(=O)(=O)N1CCc2cc(N3CCCC3)ccc21. The quantitative estimate of drug-likeness (QED) is 0.664. The smallest absolute Gasteiger partial charge is 0.237 e. The van der Waals surface area contributed by atoms with Crippen LogP contribution in [-0.4, -0.2) is 60.7 Å². The third kappa shape index (κ3) is 3.84. The Balaban J connectivity index is 1.65. The van der Waals surface area contributed by atoms with E-state index in [0.717, 1.165) is 30.8 Å². The van der Waals surface area contributed by atoms with Crippen molar-refractivity contribution < 1.29 is 17.9 Å². The van der Waals surface area contributed by atoms with E-state index in [-0.39, 0.29) is 12.4 Å². The first-order valence-corrected chi connectivity index (χ1v) is 10.2. The molecule has 0 bridgehead atoms. The fraction of sp³-hybridized carbons (Fsp3) is 0.647. The lowest BCUT2D eigenvalue weighted by atomic mass is 10.1. The lowest BCUT2D eigenvalue weighted by Crippen LogP contribution is -2.33. The van der Waals surface area contributed by atoms with Gasteiger partial charge in [0.05, 0.1) is 31.3 Å². The van der Waals surface area contributed by atoms with Crippen LogP contribution in [0.25, 0.3) is 0 Å². The van der Waals surface area contributed by atoms with Crippen LogP contribution in [0.5, 0.6) is 0 Å². The van der Waals surface area contributed by atoms with E-state index in [1.54, 1.807) is 7.11 Å². The third-order valence-corrected chi connectivity index (χ3v) is 6.37. The molecule has 0 unspecified atom stereocenters. The number of anilines is 2. The highest BCUT2D eigenvalue weighted by Crippen LogP contribution is 2.34. The zero-order valence-electron chi connectivity index (χ0n) is 14.2. The van der Waals surface area contributed by atoms with Gasteiger partial charge in [-0.3, -0.25) is 4.31 Å². The van der Waals surface area contributed by atoms with Gasteiger partial charge < -0.3 is 14.4 Å². The Morgan fingerprint density at radius 3 is 2.62 bits per heavy atom. The van der Waals surface area contributed by atoms with Crippen molar-refractivity contribution in [2.24, 2.45) is 0 Å². The average Bonchev–Trinajstić information content (AvgIpc) is 3.23. The average molecular weight is 354 g/mol. The molecule has 6 nitrogen and oxygen atoms in total. The largest absolute Gasteiger partial charge is 0.382 e. The van der Waals surface area contributed by atoms with Crippen LogP contribution in [0.3, 0.4) is 0 Å². The fourth-order valence-electron chi connectivity index (χ4n) is 3.34. The summed E-state index contributed by atoms with van der Waals surface area (Å²) in [5, 5.41) is 0. The van der Waals surface area contributed by atoms with Gasteiger partial charge in [-0.2, -0.15) is 0 Å². The summed E-state index contributed by atoms with van der Waals surface area (Å²) >= 11 is 0. The first-order chi connectivity index (χ1) is 11.6. The Hall–Kier alpha value is -1.31. The Labute approximate surface area is 144 Å². The summed E-state index contributed by atoms with van der Waals surface area (Å²) in [6.45, 7) is 3.81. The maximum atomic E-state index is 12.6. The molecule has 0 saturated carbocycles. The minimum Gasteiger partial charge on any atom is -0.382 e. The molecule has 0 radical (unpaired) electrons. The number of hydrogen-bond acceptors (Lipinski definition) is 5. The van der Waals surface area contributed by atoms with Crippen molar-refractivity contribution in [1.29, 1.82) is 0 Å². The van der Waals surface area contributed by atoms with Gasteiger partial charge in [0.25, 0.3) is 0 Å². The molecule has 1 aromatic rings. The molecule has 0 amide bonds. The van der Waals surface area contributed by atoms with Gasteiger partial charge in [-0.05, 0) is 43.0 Å². The van der Waals surface area contributed by atoms with E-state index in [9.17, 15) is 8.42 Å². The fourth-order valence-corrected chi connectivity index (χ4v) is 4.73. The molecule has 24 heavy (non-hydrogen) atoms. The highest BCUT2D eigenvalue weighted by atomic mass is 32.2. The highest BCUT2D eigenvalue weighted by molar-refractivity contribution is 7.92. The van der Waals surface area contributed by atoms with Crippen molar-refractivity contribution in [3.8, 4) is 0 Å². The van der Waals surface area contributed by atoms with Gasteiger partial charge in [0.2, 0.25) is 10.0 Å². The van der Waals surface area contributed by atoms with Gasteiger partial charge in [-0.1, -0.05) is 0 Å². The van der Waals surface area contributed by atoms with E-state index in [0.29, 0.717) is 19.8 Å². The topological polar surface area (TPSA) is 59.1 Å². The first-order valence-electron chi connectivity index (χ1n) is 8.57. The number of hydrogen-bond donors (Lipinski definition) is 0. The van der Waals surface area contributed by atoms with Crippen molar-refractivity contribution in [1.82, 2.24) is 0 Å². The summed E-state index contributed by atoms with van der Waals surface area (Å²) in [7, 11) is -1.74. The van der Waals surface area contributed by atoms with Crippen molar-refractivity contribution >= 4 is 21.4 Å². The standard InChI is InChI=1S/C17H26N2O4S/c1-22-10-11-23-12-13-24(20,21)19-9-6-15-14-16(4-5-17(15)19)18-7-2-3-8-18/h4-5,14H,2-3,6-13H2,1H3. The van der Waals surface area contributed by atoms with Crippen molar-refractivity contribution in [3.63, 3.8) is 0 Å². The molecule has 0 aromatic heterocycles. The number of methoxy groups -OCH3 is 1. The number of rotatable bonds is 8. The van der Waals surface area contributed by atoms with Crippen LogP contribution in [0, 0.1) is 0 Å². The van der Waals surface area contributed by atoms with Crippen LogP contribution >= 0.6 is 0 Å². The van der Waals surface area contributed by atoms with E-state index in [1.807, 2.05) is 12.1 Å². The second-order valence-corrected chi connectivity index (χ2v) is 8.26. The molecule has 0 N–H and O–H groups in total. The van der Waals surface area contributed by atoms with Crippen LogP contribution in [-0.2, 0) is 25.9 Å². The van der Waals surface area contributed by atoms with Crippen molar-refractivity contribution in [2.45, 2.75) is 19.3 Å². The Kier molecular flexibility index (Phi) is 5.63. The maximum Gasteiger partial charge on any atom is 0.237 e. The first kappa shape index (κ1) is 17.5. The Bertz CT molecular complexity index is 657. The Morgan fingerprint density at radius 1 is 1.08 bits per heavy atom. The molecule has 0 spiro atoms. The van der Waals surface area contributed by atoms with Gasteiger partial charge in [0, 0.05) is 32.4 Å². The van der Waals surface area contributed by atoms with Gasteiger partial charge in [0.15, 0.2) is 0 Å². The van der Waals surface area contributed by atoms with Gasteiger partial charge in [-0.15, -0.1) is 0 Å². The van der Waals surface area contributed by atoms with Crippen LogP contribution < -0.4 is 9.21 Å². The minimum atomic E-state index is -3.34. The number of fused-ring (bicyclic) bond motifs is 1. The molecular weight excluding hydrogens is 328 g/mol. The maximum absolute atomic E-state index is 12.6. The summed E-state index contributed by atoms with van der Waals surface area (Å²) in [5.74, 6) is 0.00400. The number of benzene rings is 1. The molecule has 2 heterocycles. The monoisotopic (exact) mass is 354 g/mol. The summed E-state index contributed by atoms with van der Waals surface area (Å²) in [4.78, 5) is 2.38. The molecule has 0 aliphatic carbocycles. The van der Waals surface area contributed by atoms with Crippen molar-refractivity contribution in [2.75, 3.05) is 61.5 Å². The zero-order valence-corrected chi connectivity index (χ0v) is 15.1. The van der Waals surface area contributed by atoms with Crippen LogP contribution in [0.15, 0.2) is 18.2 Å². The second kappa shape index (κ2) is 7.72. The number of nitrogens with zero attached hydrogens (tertiary/aromatic N) is 2. The van der Waals surface area contributed by atoms with Crippen LogP contribution in [0.2, 0.25) is 0 Å². The van der Waals surface area contributed by atoms with Gasteiger partial charge in [0.1, 0.15) is 0 Å². The van der Waals surface area contributed by atoms with E-state index in [1.165, 1.54) is 22.8 Å². The molecule has 2 aliphatic rings. The molecule has 7 heteroatoms. The summed E-state index contributed by atoms with van der Waals surface area (Å²) in [5.41, 5.74) is 3.17. The molecule has 3 rings (SSSR count). The zero-order chi connectivity index (χ0) is 17.0. The van der Waals surface area contributed by atoms with E-state index in [4.69, 9.17) is 9.47 Å². The van der Waals surface area contributed by atoms with Crippen LogP contribution in [0.4, 0.5) is 11.4 Å². The van der Waals surface area contributed by atoms with Gasteiger partial charge >= 0.3 is 0 Å². The van der Waals surface area contributed by atoms with Gasteiger partial charge in [-0.25, -0.2) is 8.42 Å². The lowest BCUT2D eigenvalue weighted by Gasteiger charge is -2.21. The third-order valence-electron chi connectivity index (χ3n) is 4.64. The Morgan fingerprint density at radius 2 is 1.88 bits per heavy atom. The summed E-state index contributed by atoms with van der Waals surface area (Å²) in [6.07, 6.45) is 3.25. The molecule has 1 aromatic carbocycles. The number of sulfonamides is 1. The predicted octanol–water partition coefficient (Wildman–Crippen LogP) is 1.64. The predicted molar refractivity (Wildman–Crippen MR) is 95.4 cm³/mol. The van der Waals surface area contributed by atoms with Crippen LogP contribution in [0.1, 0.15) is 18.4 Å². The van der Waals surface area contributed by atoms with E-state index >= 15 is 0 Å². The van der Waals surface area contributed by atoms with Crippen molar-refractivity contribution in [3.05, 3.63) is 23.8 Å². The molecule has 2 aliphatic heterocycles. The molecule has 1 fully saturated rings. The normalized spacial score (nSPS) is 17.5. The highest BCUT2D eigenvalue weighted by Gasteiger charge is 2.29. The minimum absolute atomic E-state index is 0.00400. The van der Waals surface area contributed by atoms with E-state index in [2.05, 4.69) is 11.0 Å². The molecule has 1 saturated heterocycles. The molecule has 134 valence electrons. The lowest BCUT2D eigenvalue weighted by molar-refractivity contribution is 0.0785. The summed E-state index contributed by atoms with van der Waals surface area (Å²) < 4.78 is 36.9. The number of ether oxygens (including phenoxy) is 2. The summed E-state index contributed by atoms with van der Waals surface area (Å²) in [6, 6.07) is 6.16.